The monoisotopic (exact) mass is 1020 g/mol. The lowest BCUT2D eigenvalue weighted by atomic mass is 9.95. The smallest absolute Gasteiger partial charge is 0.333 e. The molecule has 5 rings (SSSR count). The van der Waals surface area contributed by atoms with Gasteiger partial charge in [-0.1, -0.05) is 84.6 Å². The molecule has 410 valence electrons. The normalized spacial score (nSPS) is 42.2. The third-order valence-corrected chi connectivity index (χ3v) is 14.4. The number of aliphatic hydroxyl groups is 7. The summed E-state index contributed by atoms with van der Waals surface area (Å²) in [5.74, 6) is -2.91. The number of hydrogen-bond donors (Lipinski definition) is 7. The molecule has 21 nitrogen and oxygen atoms in total. The number of allylic oxidation sites excluding steroid dienone is 1. The van der Waals surface area contributed by atoms with Gasteiger partial charge in [-0.15, -0.1) is 0 Å². The third kappa shape index (κ3) is 15.6. The first-order valence-corrected chi connectivity index (χ1v) is 26.0. The van der Waals surface area contributed by atoms with Crippen LogP contribution in [0.5, 0.6) is 0 Å². The Hall–Kier alpha value is -2.45. The predicted octanol–water partition coefficient (Wildman–Crippen LogP) is 2.50. The van der Waals surface area contributed by atoms with Crippen molar-refractivity contribution < 1.29 is 102 Å². The molecular formula is C50H84O21. The van der Waals surface area contributed by atoms with E-state index >= 15 is 0 Å². The maximum atomic E-state index is 13.9. The van der Waals surface area contributed by atoms with Gasteiger partial charge >= 0.3 is 17.9 Å². The van der Waals surface area contributed by atoms with Gasteiger partial charge < -0.3 is 87.9 Å². The van der Waals surface area contributed by atoms with E-state index in [9.17, 15) is 50.1 Å². The van der Waals surface area contributed by atoms with Crippen molar-refractivity contribution >= 4 is 17.9 Å². The first-order chi connectivity index (χ1) is 33.8. The molecule has 0 aromatic heterocycles. The van der Waals surface area contributed by atoms with Crippen LogP contribution in [0.2, 0.25) is 0 Å². The molecule has 22 atom stereocenters. The number of carbonyl (C=O) groups is 3. The molecule has 5 fully saturated rings. The Labute approximate surface area is 417 Å². The summed E-state index contributed by atoms with van der Waals surface area (Å²) < 4.78 is 68.3. The Balaban J connectivity index is 1.55. The number of hydrogen-bond acceptors (Lipinski definition) is 21. The van der Waals surface area contributed by atoms with Crippen LogP contribution in [0.1, 0.15) is 145 Å². The van der Waals surface area contributed by atoms with E-state index in [2.05, 4.69) is 6.92 Å². The van der Waals surface area contributed by atoms with Gasteiger partial charge in [0.25, 0.3) is 0 Å². The molecule has 2 bridgehead atoms. The molecule has 5 aliphatic rings. The minimum absolute atomic E-state index is 0.0407. The lowest BCUT2D eigenvalue weighted by Crippen LogP contribution is -2.68. The van der Waals surface area contributed by atoms with Crippen LogP contribution in [-0.2, 0) is 66.5 Å². The van der Waals surface area contributed by atoms with Crippen LogP contribution in [0.25, 0.3) is 0 Å². The maximum absolute atomic E-state index is 13.9. The van der Waals surface area contributed by atoms with Gasteiger partial charge in [-0.05, 0) is 60.3 Å². The molecule has 71 heavy (non-hydrogen) atoms. The molecule has 5 heterocycles. The first-order valence-electron chi connectivity index (χ1n) is 26.0. The van der Waals surface area contributed by atoms with Crippen molar-refractivity contribution in [3.63, 3.8) is 0 Å². The van der Waals surface area contributed by atoms with Gasteiger partial charge in [0.2, 0.25) is 0 Å². The molecule has 0 amide bonds. The SMILES string of the molecule is CC=C(C)C(=O)OC1C(C)OC(OC2C(C)OC3OC4C(OC(CO)C(O)C4O)OC4C(OC(CCCCC)CCCCCCCCCC(=O)OC2C3OC(=O)C(C)CC)OC(C)C(O)C4O)C(O)C1O. The van der Waals surface area contributed by atoms with Gasteiger partial charge in [0.15, 0.2) is 43.5 Å². The zero-order valence-electron chi connectivity index (χ0n) is 42.7. The second-order valence-corrected chi connectivity index (χ2v) is 19.9. The molecule has 0 saturated carbocycles. The standard InChI is InChI=1S/C50H84O21/c1-9-12-18-21-30-22-19-16-14-13-15-17-20-23-32(52)66-43-40(69-47-38(58)37(57)39(28(7)62-47)67-45(59)25(4)10-2)29(8)63-50(44(43)68-46(60)26(5)11-3)71-42-36(56)34(54)31(24-51)65-49(42)70-41-35(55)33(53)27(6)61-48(41)64-30/h10,26-31,33-44,47-51,53-58H,9,11-24H2,1-8H3. The van der Waals surface area contributed by atoms with Gasteiger partial charge in [0, 0.05) is 12.0 Å². The minimum atomic E-state index is -1.92. The minimum Gasteiger partial charge on any atom is -0.455 e. The van der Waals surface area contributed by atoms with Crippen LogP contribution < -0.4 is 0 Å². The molecule has 5 saturated heterocycles. The Bertz CT molecular complexity index is 1670. The Morgan fingerprint density at radius 1 is 0.662 bits per heavy atom. The van der Waals surface area contributed by atoms with Gasteiger partial charge in [-0.25, -0.2) is 4.79 Å². The molecule has 7 N–H and O–H groups in total. The molecule has 22 unspecified atom stereocenters. The molecule has 21 heteroatoms. The summed E-state index contributed by atoms with van der Waals surface area (Å²) in [5, 5.41) is 78.9. The van der Waals surface area contributed by atoms with E-state index in [4.69, 9.17) is 52.1 Å². The highest BCUT2D eigenvalue weighted by Gasteiger charge is 2.58. The van der Waals surface area contributed by atoms with Crippen LogP contribution in [0.4, 0.5) is 0 Å². The fourth-order valence-corrected chi connectivity index (χ4v) is 9.42. The van der Waals surface area contributed by atoms with Crippen molar-refractivity contribution in [3.8, 4) is 0 Å². The van der Waals surface area contributed by atoms with Gasteiger partial charge in [0.1, 0.15) is 61.0 Å². The van der Waals surface area contributed by atoms with Crippen molar-refractivity contribution in [2.75, 3.05) is 6.61 Å². The summed E-state index contributed by atoms with van der Waals surface area (Å²) in [7, 11) is 0. The molecule has 0 aliphatic carbocycles. The second kappa shape index (κ2) is 28.4. The molecule has 0 radical (unpaired) electrons. The summed E-state index contributed by atoms with van der Waals surface area (Å²) in [4.78, 5) is 40.5. The van der Waals surface area contributed by atoms with Crippen LogP contribution in [-0.4, -0.2) is 189 Å². The highest BCUT2D eigenvalue weighted by atomic mass is 16.8. The molecule has 0 spiro atoms. The number of unbranched alkanes of at least 4 members (excludes halogenated alkanes) is 2. The van der Waals surface area contributed by atoms with E-state index in [1.807, 2.05) is 0 Å². The fourth-order valence-electron chi connectivity index (χ4n) is 9.42. The molecule has 5 aliphatic heterocycles. The van der Waals surface area contributed by atoms with E-state index < -0.39 is 153 Å². The summed E-state index contributed by atoms with van der Waals surface area (Å²) in [6.07, 6.45) is -19.4. The summed E-state index contributed by atoms with van der Waals surface area (Å²) >= 11 is 0. The predicted molar refractivity (Wildman–Crippen MR) is 249 cm³/mol. The zero-order valence-corrected chi connectivity index (χ0v) is 42.7. The third-order valence-electron chi connectivity index (χ3n) is 14.4. The lowest BCUT2D eigenvalue weighted by molar-refractivity contribution is -0.399. The van der Waals surface area contributed by atoms with Crippen LogP contribution in [0.3, 0.4) is 0 Å². The highest BCUT2D eigenvalue weighted by molar-refractivity contribution is 5.87. The van der Waals surface area contributed by atoms with E-state index in [-0.39, 0.29) is 18.1 Å². The largest absolute Gasteiger partial charge is 0.455 e. The second-order valence-electron chi connectivity index (χ2n) is 19.9. The van der Waals surface area contributed by atoms with Crippen molar-refractivity contribution in [1.29, 1.82) is 0 Å². The van der Waals surface area contributed by atoms with Crippen LogP contribution in [0.15, 0.2) is 11.6 Å². The maximum Gasteiger partial charge on any atom is 0.333 e. The van der Waals surface area contributed by atoms with E-state index in [0.717, 1.165) is 51.4 Å². The number of esters is 3. The van der Waals surface area contributed by atoms with Crippen molar-refractivity contribution in [2.45, 2.75) is 274 Å². The Morgan fingerprint density at radius 2 is 1.27 bits per heavy atom. The summed E-state index contributed by atoms with van der Waals surface area (Å²) in [5.41, 5.74) is 0.261. The van der Waals surface area contributed by atoms with E-state index in [0.29, 0.717) is 32.1 Å². The summed E-state index contributed by atoms with van der Waals surface area (Å²) in [6, 6.07) is 0. The summed E-state index contributed by atoms with van der Waals surface area (Å²) in [6.45, 7) is 12.4. The number of aliphatic hydroxyl groups excluding tert-OH is 7. The van der Waals surface area contributed by atoms with Gasteiger partial charge in [-0.3, -0.25) is 9.59 Å². The Kier molecular flexibility index (Phi) is 23.8. The average Bonchev–Trinajstić information content (AvgIpc) is 3.34. The molecular weight excluding hydrogens is 937 g/mol. The lowest BCUT2D eigenvalue weighted by Gasteiger charge is -2.50. The molecule has 0 aromatic rings. The van der Waals surface area contributed by atoms with Crippen LogP contribution >= 0.6 is 0 Å². The number of carbonyl (C=O) groups excluding carboxylic acids is 3. The number of fused-ring (bicyclic) bond motifs is 4. The highest BCUT2D eigenvalue weighted by Crippen LogP contribution is 2.38. The quantitative estimate of drug-likeness (QED) is 0.0640. The topological polar surface area (TPSA) is 294 Å². The van der Waals surface area contributed by atoms with Crippen LogP contribution in [0, 0.1) is 5.92 Å². The molecule has 0 aromatic carbocycles. The van der Waals surface area contributed by atoms with Crippen molar-refractivity contribution in [3.05, 3.63) is 11.6 Å². The number of rotatable bonds is 12. The first kappa shape index (κ1) is 59.4. The Morgan fingerprint density at radius 3 is 1.92 bits per heavy atom. The average molecular weight is 1020 g/mol. The number of ether oxygens (including phenoxy) is 11. The van der Waals surface area contributed by atoms with Gasteiger partial charge in [0.05, 0.1) is 36.9 Å². The van der Waals surface area contributed by atoms with Gasteiger partial charge in [-0.2, -0.15) is 0 Å². The van der Waals surface area contributed by atoms with Crippen molar-refractivity contribution in [2.24, 2.45) is 5.92 Å². The fraction of sp³-hybridized carbons (Fsp3) is 0.900. The van der Waals surface area contributed by atoms with E-state index in [1.165, 1.54) is 26.8 Å². The van der Waals surface area contributed by atoms with E-state index in [1.54, 1.807) is 27.7 Å². The zero-order chi connectivity index (χ0) is 52.1. The van der Waals surface area contributed by atoms with Crippen molar-refractivity contribution in [1.82, 2.24) is 0 Å².